The number of ether oxygens (including phenoxy) is 1. The second kappa shape index (κ2) is 7.50. The zero-order valence-electron chi connectivity index (χ0n) is 13.2. The summed E-state index contributed by atoms with van der Waals surface area (Å²) in [5.41, 5.74) is 3.02. The van der Waals surface area contributed by atoms with E-state index in [9.17, 15) is 4.79 Å². The molecule has 1 amide bonds. The molecule has 1 atom stereocenters. The van der Waals surface area contributed by atoms with Gasteiger partial charge in [-0.15, -0.1) is 0 Å². The maximum Gasteiger partial charge on any atom is 0.239 e. The Morgan fingerprint density at radius 1 is 1.18 bits per heavy atom. The molecule has 0 heterocycles. The Balaban J connectivity index is 1.92. The highest BCUT2D eigenvalue weighted by molar-refractivity contribution is 5.81. The van der Waals surface area contributed by atoms with Crippen LogP contribution in [0.4, 0.5) is 5.69 Å². The lowest BCUT2D eigenvalue weighted by atomic mass is 10.1. The Bertz CT molecular complexity index is 626. The molecule has 0 aromatic heterocycles. The molecule has 0 aliphatic carbocycles. The van der Waals surface area contributed by atoms with E-state index in [1.165, 1.54) is 0 Å². The fourth-order valence-electron chi connectivity index (χ4n) is 2.25. The zero-order chi connectivity index (χ0) is 15.9. The molecule has 0 radical (unpaired) electrons. The number of hydrogen-bond acceptors (Lipinski definition) is 3. The van der Waals surface area contributed by atoms with Crippen LogP contribution in [0.25, 0.3) is 0 Å². The van der Waals surface area contributed by atoms with Crippen LogP contribution in [0.15, 0.2) is 48.5 Å². The van der Waals surface area contributed by atoms with Gasteiger partial charge in [0.05, 0.1) is 25.4 Å². The first-order chi connectivity index (χ1) is 10.6. The monoisotopic (exact) mass is 298 g/mol. The second-order valence-electron chi connectivity index (χ2n) is 5.26. The third-order valence-corrected chi connectivity index (χ3v) is 3.47. The Kier molecular flexibility index (Phi) is 5.42. The number of amides is 1. The highest BCUT2D eigenvalue weighted by atomic mass is 16.5. The molecule has 1 unspecified atom stereocenters. The Morgan fingerprint density at radius 2 is 1.91 bits per heavy atom. The van der Waals surface area contributed by atoms with Crippen LogP contribution in [0, 0.1) is 6.92 Å². The lowest BCUT2D eigenvalue weighted by Crippen LogP contribution is -2.32. The molecule has 0 aliphatic rings. The van der Waals surface area contributed by atoms with Crippen molar-refractivity contribution in [1.82, 2.24) is 5.32 Å². The molecule has 0 saturated carbocycles. The summed E-state index contributed by atoms with van der Waals surface area (Å²) in [5.74, 6) is 0.675. The van der Waals surface area contributed by atoms with E-state index in [0.29, 0.717) is 0 Å². The van der Waals surface area contributed by atoms with Crippen LogP contribution in [0.1, 0.15) is 24.1 Å². The average Bonchev–Trinajstić information content (AvgIpc) is 2.54. The van der Waals surface area contributed by atoms with Crippen molar-refractivity contribution in [2.45, 2.75) is 19.9 Å². The van der Waals surface area contributed by atoms with Gasteiger partial charge < -0.3 is 15.4 Å². The van der Waals surface area contributed by atoms with Crippen molar-refractivity contribution in [3.8, 4) is 5.75 Å². The molecular formula is C18H22N2O2. The molecule has 0 aliphatic heterocycles. The maximum atomic E-state index is 12.1. The maximum absolute atomic E-state index is 12.1. The minimum atomic E-state index is -0.0556. The highest BCUT2D eigenvalue weighted by Gasteiger charge is 2.10. The summed E-state index contributed by atoms with van der Waals surface area (Å²) in [4.78, 5) is 12.1. The van der Waals surface area contributed by atoms with Gasteiger partial charge in [-0.25, -0.2) is 0 Å². The lowest BCUT2D eigenvalue weighted by molar-refractivity contribution is -0.120. The summed E-state index contributed by atoms with van der Waals surface area (Å²) in [6.45, 7) is 4.18. The third kappa shape index (κ3) is 4.25. The average molecular weight is 298 g/mol. The first-order valence-corrected chi connectivity index (χ1v) is 7.33. The topological polar surface area (TPSA) is 50.4 Å². The molecule has 2 N–H and O–H groups in total. The van der Waals surface area contributed by atoms with Crippen molar-refractivity contribution in [3.63, 3.8) is 0 Å². The molecule has 0 fully saturated rings. The van der Waals surface area contributed by atoms with Crippen LogP contribution in [-0.4, -0.2) is 19.6 Å². The van der Waals surface area contributed by atoms with Crippen LogP contribution in [0.3, 0.4) is 0 Å². The van der Waals surface area contributed by atoms with Crippen molar-refractivity contribution in [1.29, 1.82) is 0 Å². The van der Waals surface area contributed by atoms with Crippen LogP contribution >= 0.6 is 0 Å². The van der Waals surface area contributed by atoms with Crippen LogP contribution in [0.2, 0.25) is 0 Å². The summed E-state index contributed by atoms with van der Waals surface area (Å²) >= 11 is 0. The van der Waals surface area contributed by atoms with Gasteiger partial charge in [0.1, 0.15) is 5.75 Å². The predicted molar refractivity (Wildman–Crippen MR) is 89.2 cm³/mol. The number of nitrogens with one attached hydrogen (secondary N) is 2. The van der Waals surface area contributed by atoms with E-state index in [0.717, 1.165) is 22.6 Å². The summed E-state index contributed by atoms with van der Waals surface area (Å²) < 4.78 is 5.29. The largest absolute Gasteiger partial charge is 0.495 e. The van der Waals surface area contributed by atoms with E-state index in [1.54, 1.807) is 7.11 Å². The molecular weight excluding hydrogens is 276 g/mol. The van der Waals surface area contributed by atoms with E-state index < -0.39 is 0 Å². The van der Waals surface area contributed by atoms with Crippen LogP contribution < -0.4 is 15.4 Å². The fraction of sp³-hybridized carbons (Fsp3) is 0.278. The lowest BCUT2D eigenvalue weighted by Gasteiger charge is -2.16. The number of aryl methyl sites for hydroxylation is 1. The zero-order valence-corrected chi connectivity index (χ0v) is 13.2. The molecule has 22 heavy (non-hydrogen) atoms. The molecule has 4 nitrogen and oxygen atoms in total. The number of benzene rings is 2. The Morgan fingerprint density at radius 3 is 2.59 bits per heavy atom. The number of methoxy groups -OCH3 is 1. The molecule has 2 aromatic carbocycles. The highest BCUT2D eigenvalue weighted by Crippen LogP contribution is 2.24. The molecule has 4 heteroatoms. The van der Waals surface area contributed by atoms with E-state index in [1.807, 2.05) is 62.4 Å². The van der Waals surface area contributed by atoms with Gasteiger partial charge in [0.2, 0.25) is 5.91 Å². The van der Waals surface area contributed by atoms with Crippen LogP contribution in [0.5, 0.6) is 5.75 Å². The summed E-state index contributed by atoms with van der Waals surface area (Å²) in [6, 6.07) is 15.7. The smallest absolute Gasteiger partial charge is 0.239 e. The van der Waals surface area contributed by atoms with Gasteiger partial charge in [-0.3, -0.25) is 4.79 Å². The van der Waals surface area contributed by atoms with Gasteiger partial charge in [-0.1, -0.05) is 36.4 Å². The van der Waals surface area contributed by atoms with Gasteiger partial charge in [0, 0.05) is 0 Å². The fourth-order valence-corrected chi connectivity index (χ4v) is 2.25. The number of rotatable bonds is 6. The van der Waals surface area contributed by atoms with Crippen molar-refractivity contribution in [2.24, 2.45) is 0 Å². The van der Waals surface area contributed by atoms with E-state index in [2.05, 4.69) is 10.6 Å². The van der Waals surface area contributed by atoms with Crippen LogP contribution in [-0.2, 0) is 4.79 Å². The summed E-state index contributed by atoms with van der Waals surface area (Å²) in [5, 5.41) is 6.10. The van der Waals surface area contributed by atoms with Gasteiger partial charge in [0.15, 0.2) is 0 Å². The van der Waals surface area contributed by atoms with Gasteiger partial charge >= 0.3 is 0 Å². The number of anilines is 1. The van der Waals surface area contributed by atoms with Crippen molar-refractivity contribution in [2.75, 3.05) is 19.0 Å². The molecule has 2 aromatic rings. The minimum absolute atomic E-state index is 0.0186. The third-order valence-electron chi connectivity index (χ3n) is 3.47. The van der Waals surface area contributed by atoms with Crippen molar-refractivity contribution in [3.05, 3.63) is 59.7 Å². The molecule has 0 spiro atoms. The van der Waals surface area contributed by atoms with E-state index in [4.69, 9.17) is 4.74 Å². The van der Waals surface area contributed by atoms with Gasteiger partial charge in [-0.2, -0.15) is 0 Å². The molecule has 0 saturated heterocycles. The Labute approximate surface area is 131 Å². The second-order valence-corrected chi connectivity index (χ2v) is 5.26. The van der Waals surface area contributed by atoms with Crippen molar-refractivity contribution >= 4 is 11.6 Å². The number of carbonyl (C=O) groups is 1. The molecule has 2 rings (SSSR count). The standard InChI is InChI=1S/C18H22N2O2/c1-13-9-10-17(22-3)16(11-13)19-12-18(21)20-14(2)15-7-5-4-6-8-15/h4-11,14,19H,12H2,1-3H3,(H,20,21). The van der Waals surface area contributed by atoms with Gasteiger partial charge in [0.25, 0.3) is 0 Å². The predicted octanol–water partition coefficient (Wildman–Crippen LogP) is 3.29. The quantitative estimate of drug-likeness (QED) is 0.860. The van der Waals surface area contributed by atoms with E-state index in [-0.39, 0.29) is 18.5 Å². The first kappa shape index (κ1) is 15.9. The molecule has 0 bridgehead atoms. The summed E-state index contributed by atoms with van der Waals surface area (Å²) in [6.07, 6.45) is 0. The molecule has 116 valence electrons. The van der Waals surface area contributed by atoms with E-state index >= 15 is 0 Å². The van der Waals surface area contributed by atoms with Crippen molar-refractivity contribution < 1.29 is 9.53 Å². The SMILES string of the molecule is COc1ccc(C)cc1NCC(=O)NC(C)c1ccccc1. The number of carbonyl (C=O) groups excluding carboxylic acids is 1. The minimum Gasteiger partial charge on any atom is -0.495 e. The Hall–Kier alpha value is -2.49. The number of hydrogen-bond donors (Lipinski definition) is 2. The summed E-state index contributed by atoms with van der Waals surface area (Å²) in [7, 11) is 1.62. The first-order valence-electron chi connectivity index (χ1n) is 7.33. The van der Waals surface area contributed by atoms with Gasteiger partial charge in [-0.05, 0) is 37.1 Å². The normalized spacial score (nSPS) is 11.6.